The van der Waals surface area contributed by atoms with Crippen molar-refractivity contribution in [1.29, 1.82) is 0 Å². The molecule has 2 N–H and O–H groups in total. The molecule has 0 aliphatic carbocycles. The first-order chi connectivity index (χ1) is 15.0. The molecule has 0 spiro atoms. The molecule has 172 valence electrons. The predicted molar refractivity (Wildman–Crippen MR) is 109 cm³/mol. The number of carbonyl (C=O) groups excluding carboxylic acids is 3. The Balaban J connectivity index is 1.67. The van der Waals surface area contributed by atoms with E-state index >= 15 is 0 Å². The molecule has 3 rings (SSSR count). The fourth-order valence-electron chi connectivity index (χ4n) is 3.39. The van der Waals surface area contributed by atoms with Crippen LogP contribution in [0.4, 0.5) is 5.82 Å². The molecule has 13 nitrogen and oxygen atoms in total. The van der Waals surface area contributed by atoms with Crippen LogP contribution in [0.15, 0.2) is 17.3 Å². The number of esters is 1. The van der Waals surface area contributed by atoms with Crippen molar-refractivity contribution in [2.75, 3.05) is 12.4 Å². The molecule has 2 amide bonds. The number of ether oxygens (including phenoxy) is 1. The maximum atomic E-state index is 12.6. The Hall–Kier alpha value is -3.42. The lowest BCUT2D eigenvalue weighted by Gasteiger charge is -2.49. The van der Waals surface area contributed by atoms with Crippen molar-refractivity contribution in [1.82, 2.24) is 20.0 Å². The van der Waals surface area contributed by atoms with Crippen LogP contribution in [0.25, 0.3) is 0 Å². The molecule has 1 fully saturated rings. The van der Waals surface area contributed by atoms with E-state index in [9.17, 15) is 34.4 Å². The molecule has 0 bridgehead atoms. The molecule has 1 aromatic rings. The molecule has 32 heavy (non-hydrogen) atoms. The smallest absolute Gasteiger partial charge is 0.390 e. The first kappa shape index (κ1) is 23.2. The third kappa shape index (κ3) is 4.44. The Labute approximate surface area is 185 Å². The number of aromatic nitrogens is 2. The second-order valence-corrected chi connectivity index (χ2v) is 8.52. The molecule has 1 aromatic heterocycles. The second-order valence-electron chi connectivity index (χ2n) is 7.42. The van der Waals surface area contributed by atoms with E-state index in [1.165, 1.54) is 29.4 Å². The number of fused-ring (bicyclic) bond motifs is 1. The Kier molecular flexibility index (Phi) is 6.52. The van der Waals surface area contributed by atoms with Crippen LogP contribution in [-0.2, 0) is 30.5 Å². The summed E-state index contributed by atoms with van der Waals surface area (Å²) in [5.74, 6) is -3.68. The predicted octanol–water partition coefficient (Wildman–Crippen LogP) is 0.0375. The van der Waals surface area contributed by atoms with E-state index in [0.717, 1.165) is 4.90 Å². The number of aryl methyl sites for hydroxylation is 1. The summed E-state index contributed by atoms with van der Waals surface area (Å²) >= 11 is 1.26. The highest BCUT2D eigenvalue weighted by Crippen LogP contribution is 2.40. The van der Waals surface area contributed by atoms with E-state index in [4.69, 9.17) is 4.74 Å². The molecule has 14 heteroatoms. The monoisotopic (exact) mass is 467 g/mol. The fraction of sp³-hybridized carbons (Fsp3) is 0.500. The molecule has 1 saturated heterocycles. The third-order valence-corrected chi connectivity index (χ3v) is 6.39. The quantitative estimate of drug-likeness (QED) is 0.230. The highest BCUT2D eigenvalue weighted by molar-refractivity contribution is 8.00. The van der Waals surface area contributed by atoms with E-state index in [1.807, 2.05) is 0 Å². The Morgan fingerprint density at radius 3 is 2.72 bits per heavy atom. The number of amides is 2. The van der Waals surface area contributed by atoms with E-state index in [1.54, 1.807) is 13.8 Å². The van der Waals surface area contributed by atoms with Crippen molar-refractivity contribution in [3.05, 3.63) is 33.1 Å². The first-order valence-electron chi connectivity index (χ1n) is 9.53. The van der Waals surface area contributed by atoms with Crippen molar-refractivity contribution in [3.63, 3.8) is 0 Å². The zero-order valence-electron chi connectivity index (χ0n) is 17.4. The number of carboxylic acid groups (broad SMARTS) is 1. The number of nitrogens with zero attached hydrogens (tertiary/aromatic N) is 4. The first-order valence-corrected chi connectivity index (χ1v) is 10.6. The summed E-state index contributed by atoms with van der Waals surface area (Å²) in [6.07, 6.45) is 0. The van der Waals surface area contributed by atoms with Crippen LogP contribution >= 0.6 is 11.8 Å². The van der Waals surface area contributed by atoms with Gasteiger partial charge in [0.2, 0.25) is 5.91 Å². The maximum Gasteiger partial charge on any atom is 0.390 e. The molecule has 3 heterocycles. The summed E-state index contributed by atoms with van der Waals surface area (Å²) in [6, 6.07) is 0.386. The van der Waals surface area contributed by atoms with E-state index in [2.05, 4.69) is 10.4 Å². The van der Waals surface area contributed by atoms with Crippen LogP contribution in [0.3, 0.4) is 0 Å². The molecule has 3 atom stereocenters. The number of aliphatic carboxylic acids is 1. The van der Waals surface area contributed by atoms with Gasteiger partial charge in [0.05, 0.1) is 29.3 Å². The molecule has 0 radical (unpaired) electrons. The van der Waals surface area contributed by atoms with Crippen LogP contribution < -0.4 is 5.32 Å². The lowest BCUT2D eigenvalue weighted by Crippen LogP contribution is -2.71. The number of carboxylic acids is 1. The lowest BCUT2D eigenvalue weighted by atomic mass is 10.0. The standard InChI is InChI=1S/C18H21N5O8S/c1-8(5-21-9(2)4-12(20-21)23(29)30)15(25)19-13-16(26)22-14(18(27)28)11(6-31-10(3)24)7-32-17(13)22/h4,8,13,17H,5-7H2,1-3H3,(H,19,25)(H,27,28). The summed E-state index contributed by atoms with van der Waals surface area (Å²) in [6.45, 7) is 4.26. The molecule has 2 aliphatic rings. The fourth-order valence-corrected chi connectivity index (χ4v) is 4.72. The minimum Gasteiger partial charge on any atom is -0.477 e. The second kappa shape index (κ2) is 8.98. The van der Waals surface area contributed by atoms with Gasteiger partial charge in [0.15, 0.2) is 0 Å². The van der Waals surface area contributed by atoms with Crippen LogP contribution in [0.2, 0.25) is 0 Å². The number of carbonyl (C=O) groups is 4. The van der Waals surface area contributed by atoms with Gasteiger partial charge in [0.1, 0.15) is 23.7 Å². The van der Waals surface area contributed by atoms with Crippen molar-refractivity contribution < 1.29 is 33.9 Å². The van der Waals surface area contributed by atoms with Gasteiger partial charge in [-0.1, -0.05) is 6.92 Å². The summed E-state index contributed by atoms with van der Waals surface area (Å²) in [5.41, 5.74) is 0.579. The number of nitro groups is 1. The van der Waals surface area contributed by atoms with Crippen molar-refractivity contribution in [2.24, 2.45) is 5.92 Å². The van der Waals surface area contributed by atoms with Gasteiger partial charge in [-0.05, 0) is 11.8 Å². The summed E-state index contributed by atoms with van der Waals surface area (Å²) in [7, 11) is 0. The summed E-state index contributed by atoms with van der Waals surface area (Å²) in [5, 5.41) is 26.3. The topological polar surface area (TPSA) is 174 Å². The van der Waals surface area contributed by atoms with Gasteiger partial charge in [-0.25, -0.2) is 4.79 Å². The molecule has 3 unspecified atom stereocenters. The van der Waals surface area contributed by atoms with Gasteiger partial charge in [-0.2, -0.15) is 4.68 Å². The van der Waals surface area contributed by atoms with Crippen LogP contribution in [0, 0.1) is 23.0 Å². The van der Waals surface area contributed by atoms with Gasteiger partial charge in [-0.15, -0.1) is 11.8 Å². The van der Waals surface area contributed by atoms with Crippen LogP contribution in [-0.4, -0.2) is 72.2 Å². The lowest BCUT2D eigenvalue weighted by molar-refractivity contribution is -0.389. The Morgan fingerprint density at radius 1 is 1.47 bits per heavy atom. The zero-order valence-corrected chi connectivity index (χ0v) is 18.2. The average molecular weight is 467 g/mol. The number of hydrogen-bond acceptors (Lipinski definition) is 9. The SMILES string of the molecule is CC(=O)OCC1=C(C(=O)O)N2C(=O)C(NC(=O)C(C)Cn3nc([N+](=O)[O-])cc3C)C2SC1. The van der Waals surface area contributed by atoms with Gasteiger partial charge < -0.3 is 25.3 Å². The third-order valence-electron chi connectivity index (χ3n) is 5.05. The highest BCUT2D eigenvalue weighted by Gasteiger charge is 2.54. The Morgan fingerprint density at radius 2 is 2.16 bits per heavy atom. The van der Waals surface area contributed by atoms with Gasteiger partial charge in [-0.3, -0.25) is 19.3 Å². The van der Waals surface area contributed by atoms with Gasteiger partial charge in [0.25, 0.3) is 5.91 Å². The zero-order chi connectivity index (χ0) is 23.7. The molecule has 0 aromatic carbocycles. The normalized spacial score (nSPS) is 20.8. The number of rotatable bonds is 8. The van der Waals surface area contributed by atoms with Crippen molar-refractivity contribution >= 4 is 41.3 Å². The van der Waals surface area contributed by atoms with Gasteiger partial charge >= 0.3 is 17.8 Å². The maximum absolute atomic E-state index is 12.6. The number of nitrogens with one attached hydrogen (secondary N) is 1. The van der Waals surface area contributed by atoms with Gasteiger partial charge in [0, 0.05) is 18.2 Å². The molecular weight excluding hydrogens is 446 g/mol. The number of thioether (sulfide) groups is 1. The largest absolute Gasteiger partial charge is 0.477 e. The average Bonchev–Trinajstić information content (AvgIpc) is 3.09. The van der Waals surface area contributed by atoms with E-state index in [-0.39, 0.29) is 30.4 Å². The molecule has 2 aliphatic heterocycles. The molecular formula is C18H21N5O8S. The number of β-lactam (4-membered cyclic amide) rings is 1. The summed E-state index contributed by atoms with van der Waals surface area (Å²) in [4.78, 5) is 59.4. The van der Waals surface area contributed by atoms with E-state index in [0.29, 0.717) is 11.3 Å². The van der Waals surface area contributed by atoms with Crippen molar-refractivity contribution in [3.8, 4) is 0 Å². The number of hydrogen-bond donors (Lipinski definition) is 2. The summed E-state index contributed by atoms with van der Waals surface area (Å²) < 4.78 is 6.23. The minimum absolute atomic E-state index is 0.0702. The highest BCUT2D eigenvalue weighted by atomic mass is 32.2. The van der Waals surface area contributed by atoms with Crippen LogP contribution in [0.5, 0.6) is 0 Å². The Bertz CT molecular complexity index is 1030. The van der Waals surface area contributed by atoms with Crippen molar-refractivity contribution in [2.45, 2.75) is 38.7 Å². The van der Waals surface area contributed by atoms with Crippen LogP contribution in [0.1, 0.15) is 19.5 Å². The molecule has 0 saturated carbocycles. The van der Waals surface area contributed by atoms with E-state index < -0.39 is 46.0 Å². The minimum atomic E-state index is -1.32.